The number of rotatable bonds is 4. The van der Waals surface area contributed by atoms with Gasteiger partial charge in [0, 0.05) is 12.1 Å². The average Bonchev–Trinajstić information content (AvgIpc) is 2.36. The molecule has 1 rings (SSSR count). The predicted molar refractivity (Wildman–Crippen MR) is 62.7 cm³/mol. The molecule has 0 unspecified atom stereocenters. The van der Waals surface area contributed by atoms with Gasteiger partial charge in [-0.3, -0.25) is 25.0 Å². The van der Waals surface area contributed by atoms with E-state index in [0.717, 1.165) is 0 Å². The number of amides is 1. The first-order valence-electron chi connectivity index (χ1n) is 5.34. The fourth-order valence-corrected chi connectivity index (χ4v) is 1.30. The number of nitrogens with one attached hydrogen (secondary N) is 1. The normalized spacial score (nSPS) is 12.6. The van der Waals surface area contributed by atoms with Gasteiger partial charge in [0.1, 0.15) is 6.04 Å². The molecule has 11 heteroatoms. The lowest BCUT2D eigenvalue weighted by atomic mass is 10.1. The van der Waals surface area contributed by atoms with Crippen molar-refractivity contribution in [3.8, 4) is 0 Å². The van der Waals surface area contributed by atoms with Crippen molar-refractivity contribution in [3.05, 3.63) is 44.0 Å². The lowest BCUT2D eigenvalue weighted by Crippen LogP contribution is -2.43. The number of nitro groups is 2. The fraction of sp³-hybridized carbons (Fsp3) is 0.300. The molecule has 0 bridgehead atoms. The van der Waals surface area contributed by atoms with Crippen LogP contribution in [0.3, 0.4) is 0 Å². The Morgan fingerprint density at radius 1 is 1.14 bits per heavy atom. The van der Waals surface area contributed by atoms with E-state index in [9.17, 15) is 38.2 Å². The number of halogens is 3. The van der Waals surface area contributed by atoms with E-state index in [4.69, 9.17) is 0 Å². The topological polar surface area (TPSA) is 115 Å². The van der Waals surface area contributed by atoms with Gasteiger partial charge in [0.25, 0.3) is 17.3 Å². The third kappa shape index (κ3) is 4.12. The Kier molecular flexibility index (Phi) is 4.45. The van der Waals surface area contributed by atoms with E-state index >= 15 is 0 Å². The largest absolute Gasteiger partial charge is 0.408 e. The first-order valence-corrected chi connectivity index (χ1v) is 5.34. The highest BCUT2D eigenvalue weighted by atomic mass is 19.4. The SMILES string of the molecule is C[C@H](NC(=O)c1cc([N+](=O)[O-])cc([N+](=O)[O-])c1)C(F)(F)F. The molecule has 1 amide bonds. The Morgan fingerprint density at radius 3 is 1.90 bits per heavy atom. The summed E-state index contributed by atoms with van der Waals surface area (Å²) in [4.78, 5) is 30.8. The van der Waals surface area contributed by atoms with Crippen LogP contribution in [0.4, 0.5) is 24.5 Å². The van der Waals surface area contributed by atoms with Crippen molar-refractivity contribution in [1.82, 2.24) is 5.32 Å². The lowest BCUT2D eigenvalue weighted by molar-refractivity contribution is -0.394. The number of alkyl halides is 3. The summed E-state index contributed by atoms with van der Waals surface area (Å²) in [6, 6.07) is -0.288. The summed E-state index contributed by atoms with van der Waals surface area (Å²) in [5.41, 5.74) is -2.14. The van der Waals surface area contributed by atoms with Gasteiger partial charge in [-0.25, -0.2) is 0 Å². The molecular formula is C10H8F3N3O5. The quantitative estimate of drug-likeness (QED) is 0.676. The van der Waals surface area contributed by atoms with E-state index in [1.165, 1.54) is 0 Å². The molecule has 1 N–H and O–H groups in total. The van der Waals surface area contributed by atoms with Gasteiger partial charge in [0.05, 0.1) is 21.5 Å². The first-order chi connectivity index (χ1) is 9.52. The maximum absolute atomic E-state index is 12.3. The van der Waals surface area contributed by atoms with E-state index in [-0.39, 0.29) is 0 Å². The average molecular weight is 307 g/mol. The molecule has 0 spiro atoms. The maximum atomic E-state index is 12.3. The van der Waals surface area contributed by atoms with Gasteiger partial charge in [0.15, 0.2) is 0 Å². The second-order valence-corrected chi connectivity index (χ2v) is 3.99. The number of carbonyl (C=O) groups is 1. The zero-order valence-corrected chi connectivity index (χ0v) is 10.4. The molecule has 0 saturated heterocycles. The Morgan fingerprint density at radius 2 is 1.57 bits per heavy atom. The molecule has 0 aliphatic carbocycles. The molecule has 0 aromatic heterocycles. The van der Waals surface area contributed by atoms with Crippen LogP contribution in [0.2, 0.25) is 0 Å². The Labute approximate surface area is 114 Å². The molecule has 21 heavy (non-hydrogen) atoms. The molecule has 1 aromatic carbocycles. The van der Waals surface area contributed by atoms with Gasteiger partial charge >= 0.3 is 6.18 Å². The molecule has 8 nitrogen and oxygen atoms in total. The summed E-state index contributed by atoms with van der Waals surface area (Å²) in [5.74, 6) is -1.30. The third-order valence-electron chi connectivity index (χ3n) is 2.42. The van der Waals surface area contributed by atoms with Crippen molar-refractivity contribution in [2.75, 3.05) is 0 Å². The van der Waals surface area contributed by atoms with Crippen LogP contribution >= 0.6 is 0 Å². The van der Waals surface area contributed by atoms with E-state index < -0.39 is 44.9 Å². The fourth-order valence-electron chi connectivity index (χ4n) is 1.30. The van der Waals surface area contributed by atoms with Crippen LogP contribution in [0.25, 0.3) is 0 Å². The monoisotopic (exact) mass is 307 g/mol. The summed E-state index contributed by atoms with van der Waals surface area (Å²) >= 11 is 0. The summed E-state index contributed by atoms with van der Waals surface area (Å²) < 4.78 is 36.9. The van der Waals surface area contributed by atoms with Crippen molar-refractivity contribution >= 4 is 17.3 Å². The third-order valence-corrected chi connectivity index (χ3v) is 2.42. The van der Waals surface area contributed by atoms with Crippen LogP contribution in [-0.4, -0.2) is 28.0 Å². The van der Waals surface area contributed by atoms with Crippen LogP contribution in [0.1, 0.15) is 17.3 Å². The van der Waals surface area contributed by atoms with E-state index in [0.29, 0.717) is 25.1 Å². The smallest absolute Gasteiger partial charge is 0.341 e. The van der Waals surface area contributed by atoms with Crippen molar-refractivity contribution in [3.63, 3.8) is 0 Å². The molecular weight excluding hydrogens is 299 g/mol. The number of hydrogen-bond donors (Lipinski definition) is 1. The van der Waals surface area contributed by atoms with Crippen molar-refractivity contribution < 1.29 is 27.8 Å². The summed E-state index contributed by atoms with van der Waals surface area (Å²) in [6.45, 7) is 0.670. The van der Waals surface area contributed by atoms with Crippen LogP contribution in [-0.2, 0) is 0 Å². The molecule has 114 valence electrons. The highest BCUT2D eigenvalue weighted by molar-refractivity contribution is 5.95. The van der Waals surface area contributed by atoms with Crippen LogP contribution in [0.5, 0.6) is 0 Å². The summed E-state index contributed by atoms with van der Waals surface area (Å²) in [5, 5.41) is 22.8. The number of nitrogens with zero attached hydrogens (tertiary/aromatic N) is 2. The summed E-state index contributed by atoms with van der Waals surface area (Å²) in [7, 11) is 0. The van der Waals surface area contributed by atoms with Crippen molar-refractivity contribution in [2.24, 2.45) is 0 Å². The molecule has 0 radical (unpaired) electrons. The van der Waals surface area contributed by atoms with Gasteiger partial charge in [-0.15, -0.1) is 0 Å². The molecule has 0 heterocycles. The van der Waals surface area contributed by atoms with Gasteiger partial charge < -0.3 is 5.32 Å². The second-order valence-electron chi connectivity index (χ2n) is 3.99. The van der Waals surface area contributed by atoms with Crippen LogP contribution < -0.4 is 5.32 Å². The van der Waals surface area contributed by atoms with Gasteiger partial charge in [-0.1, -0.05) is 0 Å². The Balaban J connectivity index is 3.14. The molecule has 0 aliphatic heterocycles. The van der Waals surface area contributed by atoms with E-state index in [2.05, 4.69) is 0 Å². The Hall–Kier alpha value is -2.72. The lowest BCUT2D eigenvalue weighted by Gasteiger charge is -2.16. The minimum atomic E-state index is -4.71. The number of benzene rings is 1. The van der Waals surface area contributed by atoms with Gasteiger partial charge in [-0.2, -0.15) is 13.2 Å². The number of carbonyl (C=O) groups excluding carboxylic acids is 1. The highest BCUT2D eigenvalue weighted by Gasteiger charge is 2.37. The summed E-state index contributed by atoms with van der Waals surface area (Å²) in [6.07, 6.45) is -4.71. The molecule has 0 fully saturated rings. The first kappa shape index (κ1) is 16.3. The van der Waals surface area contributed by atoms with E-state index in [1.54, 1.807) is 5.32 Å². The predicted octanol–water partition coefficient (Wildman–Crippen LogP) is 2.18. The number of non-ortho nitro benzene ring substituents is 2. The Bertz CT molecular complexity index is 570. The molecule has 0 aliphatic rings. The minimum Gasteiger partial charge on any atom is -0.341 e. The van der Waals surface area contributed by atoms with Gasteiger partial charge in [0.2, 0.25) is 0 Å². The van der Waals surface area contributed by atoms with E-state index in [1.807, 2.05) is 0 Å². The molecule has 1 aromatic rings. The van der Waals surface area contributed by atoms with Crippen molar-refractivity contribution in [2.45, 2.75) is 19.1 Å². The molecule has 1 atom stereocenters. The minimum absolute atomic E-state index is 0.601. The number of nitro benzene ring substituents is 2. The second kappa shape index (κ2) is 5.73. The van der Waals surface area contributed by atoms with Crippen molar-refractivity contribution in [1.29, 1.82) is 0 Å². The van der Waals surface area contributed by atoms with Crippen LogP contribution in [0, 0.1) is 20.2 Å². The standard InChI is InChI=1S/C10H8F3N3O5/c1-5(10(11,12)13)14-9(17)6-2-7(15(18)19)4-8(3-6)16(20)21/h2-5H,1H3,(H,14,17)/t5-/m0/s1. The van der Waals surface area contributed by atoms with Crippen LogP contribution in [0.15, 0.2) is 18.2 Å². The van der Waals surface area contributed by atoms with Gasteiger partial charge in [-0.05, 0) is 6.92 Å². The zero-order valence-electron chi connectivity index (χ0n) is 10.4. The zero-order chi connectivity index (χ0) is 16.4. The molecule has 0 saturated carbocycles. The number of hydrogen-bond acceptors (Lipinski definition) is 5. The highest BCUT2D eigenvalue weighted by Crippen LogP contribution is 2.24. The maximum Gasteiger partial charge on any atom is 0.408 e.